The van der Waals surface area contributed by atoms with Crippen molar-refractivity contribution >= 4 is 11.9 Å². The highest BCUT2D eigenvalue weighted by Gasteiger charge is 2.28. The highest BCUT2D eigenvalue weighted by molar-refractivity contribution is 5.86. The summed E-state index contributed by atoms with van der Waals surface area (Å²) in [5.41, 5.74) is 4.88. The summed E-state index contributed by atoms with van der Waals surface area (Å²) >= 11 is 0. The average Bonchev–Trinajstić information content (AvgIpc) is 2.01. The molecule has 1 amide bonds. The van der Waals surface area contributed by atoms with Gasteiger partial charge in [0.1, 0.15) is 0 Å². The van der Waals surface area contributed by atoms with Gasteiger partial charge in [0.05, 0.1) is 12.0 Å². The van der Waals surface area contributed by atoms with Gasteiger partial charge in [-0.25, -0.2) is 0 Å². The van der Waals surface area contributed by atoms with Gasteiger partial charge >= 0.3 is 5.97 Å². The molecule has 0 rings (SSSR count). The van der Waals surface area contributed by atoms with E-state index in [9.17, 15) is 9.59 Å². The van der Waals surface area contributed by atoms with Crippen molar-refractivity contribution in [2.24, 2.45) is 5.73 Å². The van der Waals surface area contributed by atoms with E-state index in [4.69, 9.17) is 10.8 Å². The van der Waals surface area contributed by atoms with E-state index >= 15 is 0 Å². The molecule has 2 unspecified atom stereocenters. The number of nitrogens with one attached hydrogen (secondary N) is 1. The summed E-state index contributed by atoms with van der Waals surface area (Å²) in [6.45, 7) is 5.24. The van der Waals surface area contributed by atoms with Gasteiger partial charge < -0.3 is 16.2 Å². The zero-order chi connectivity index (χ0) is 12.1. The Labute approximate surface area is 90.0 Å². The lowest BCUT2D eigenvalue weighted by Gasteiger charge is -2.24. The quantitative estimate of drug-likeness (QED) is 0.602. The third kappa shape index (κ3) is 5.37. The van der Waals surface area contributed by atoms with Crippen molar-refractivity contribution < 1.29 is 14.7 Å². The van der Waals surface area contributed by atoms with Crippen LogP contribution < -0.4 is 11.1 Å². The van der Waals surface area contributed by atoms with Gasteiger partial charge in [-0.2, -0.15) is 0 Å². The maximum absolute atomic E-state index is 11.6. The van der Waals surface area contributed by atoms with Gasteiger partial charge in [-0.05, 0) is 20.3 Å². The van der Waals surface area contributed by atoms with E-state index < -0.39 is 17.6 Å². The number of hydrogen-bond acceptors (Lipinski definition) is 3. The Balaban J connectivity index is 4.17. The molecule has 0 saturated heterocycles. The van der Waals surface area contributed by atoms with Gasteiger partial charge in [0, 0.05) is 6.04 Å². The third-order valence-corrected chi connectivity index (χ3v) is 2.15. The van der Waals surface area contributed by atoms with Crippen LogP contribution >= 0.6 is 0 Å². The number of nitrogens with two attached hydrogens (primary N) is 1. The summed E-state index contributed by atoms with van der Waals surface area (Å²) in [6.07, 6.45) is 1.31. The monoisotopic (exact) mass is 216 g/mol. The summed E-state index contributed by atoms with van der Waals surface area (Å²) in [6, 6.07) is -0.394. The van der Waals surface area contributed by atoms with Crippen molar-refractivity contribution in [2.45, 2.75) is 51.6 Å². The highest BCUT2D eigenvalue weighted by Crippen LogP contribution is 2.09. The molecule has 0 aliphatic heterocycles. The van der Waals surface area contributed by atoms with Gasteiger partial charge in [-0.1, -0.05) is 13.3 Å². The number of carboxylic acids is 1. The molecule has 0 aliphatic carbocycles. The number of carboxylic acid groups (broad SMARTS) is 1. The van der Waals surface area contributed by atoms with Crippen LogP contribution in [0.1, 0.15) is 40.0 Å². The maximum Gasteiger partial charge on any atom is 0.305 e. The predicted molar refractivity (Wildman–Crippen MR) is 57.4 cm³/mol. The van der Waals surface area contributed by atoms with Crippen molar-refractivity contribution in [3.8, 4) is 0 Å². The minimum Gasteiger partial charge on any atom is -0.481 e. The van der Waals surface area contributed by atoms with Crippen LogP contribution in [-0.2, 0) is 9.59 Å². The molecular weight excluding hydrogens is 196 g/mol. The fraction of sp³-hybridized carbons (Fsp3) is 0.800. The van der Waals surface area contributed by atoms with Crippen molar-refractivity contribution in [3.63, 3.8) is 0 Å². The smallest absolute Gasteiger partial charge is 0.305 e. The summed E-state index contributed by atoms with van der Waals surface area (Å²) < 4.78 is 0. The molecule has 0 spiro atoms. The third-order valence-electron chi connectivity index (χ3n) is 2.15. The topological polar surface area (TPSA) is 92.4 Å². The minimum atomic E-state index is -0.933. The van der Waals surface area contributed by atoms with Gasteiger partial charge in [0.2, 0.25) is 5.91 Å². The van der Waals surface area contributed by atoms with Crippen molar-refractivity contribution in [3.05, 3.63) is 0 Å². The lowest BCUT2D eigenvalue weighted by Crippen LogP contribution is -2.53. The lowest BCUT2D eigenvalue weighted by molar-refractivity contribution is -0.137. The molecule has 0 saturated carbocycles. The molecule has 0 heterocycles. The zero-order valence-electron chi connectivity index (χ0n) is 9.54. The molecule has 0 aromatic rings. The maximum atomic E-state index is 11.6. The Morgan fingerprint density at radius 1 is 1.53 bits per heavy atom. The summed E-state index contributed by atoms with van der Waals surface area (Å²) in [7, 11) is 0. The molecule has 0 aliphatic rings. The van der Waals surface area contributed by atoms with Crippen LogP contribution in [0.25, 0.3) is 0 Å². The van der Waals surface area contributed by atoms with Crippen LogP contribution in [0.15, 0.2) is 0 Å². The van der Waals surface area contributed by atoms with E-state index in [0.29, 0.717) is 6.42 Å². The summed E-state index contributed by atoms with van der Waals surface area (Å²) in [5, 5.41) is 11.1. The normalized spacial score (nSPS) is 16.5. The molecular formula is C10H20N2O3. The van der Waals surface area contributed by atoms with Crippen LogP contribution in [0.2, 0.25) is 0 Å². The Hall–Kier alpha value is -1.10. The molecule has 88 valence electrons. The van der Waals surface area contributed by atoms with Crippen LogP contribution in [0.4, 0.5) is 0 Å². The number of carbonyl (C=O) groups excluding carboxylic acids is 1. The summed E-state index contributed by atoms with van der Waals surface area (Å²) in [4.78, 5) is 22.0. The Morgan fingerprint density at radius 2 is 2.07 bits per heavy atom. The van der Waals surface area contributed by atoms with Crippen molar-refractivity contribution in [2.75, 3.05) is 0 Å². The molecule has 4 N–H and O–H groups in total. The predicted octanol–water partition coefficient (Wildman–Crippen LogP) is 0.483. The van der Waals surface area contributed by atoms with E-state index in [-0.39, 0.29) is 12.3 Å². The van der Waals surface area contributed by atoms with E-state index in [1.165, 1.54) is 0 Å². The van der Waals surface area contributed by atoms with Gasteiger partial charge in [0.25, 0.3) is 0 Å². The Bertz CT molecular complexity index is 239. The van der Waals surface area contributed by atoms with Gasteiger partial charge in [-0.3, -0.25) is 9.59 Å². The van der Waals surface area contributed by atoms with Crippen LogP contribution in [0.3, 0.4) is 0 Å². The van der Waals surface area contributed by atoms with E-state index in [1.807, 2.05) is 6.92 Å². The number of hydrogen-bond donors (Lipinski definition) is 3. The fourth-order valence-electron chi connectivity index (χ4n) is 1.33. The minimum absolute atomic E-state index is 0.0893. The second-order valence-corrected chi connectivity index (χ2v) is 4.14. The molecule has 15 heavy (non-hydrogen) atoms. The molecule has 0 aromatic carbocycles. The standard InChI is InChI=1S/C10H20N2O3/c1-4-5-10(3,11)9(15)12-7(2)6-8(13)14/h7H,4-6,11H2,1-3H3,(H,12,15)(H,13,14). The molecule has 0 fully saturated rings. The largest absolute Gasteiger partial charge is 0.481 e. The van der Waals surface area contributed by atoms with Crippen molar-refractivity contribution in [1.29, 1.82) is 0 Å². The van der Waals surface area contributed by atoms with E-state index in [2.05, 4.69) is 5.32 Å². The van der Waals surface area contributed by atoms with Crippen LogP contribution in [-0.4, -0.2) is 28.6 Å². The first kappa shape index (κ1) is 13.9. The lowest BCUT2D eigenvalue weighted by atomic mass is 9.96. The average molecular weight is 216 g/mol. The Kier molecular flexibility index (Phi) is 5.28. The van der Waals surface area contributed by atoms with E-state index in [1.54, 1.807) is 13.8 Å². The highest BCUT2D eigenvalue weighted by atomic mass is 16.4. The zero-order valence-corrected chi connectivity index (χ0v) is 9.54. The molecule has 0 bridgehead atoms. The molecule has 5 heteroatoms. The van der Waals surface area contributed by atoms with Crippen molar-refractivity contribution in [1.82, 2.24) is 5.32 Å². The number of amides is 1. The Morgan fingerprint density at radius 3 is 2.47 bits per heavy atom. The summed E-state index contributed by atoms with van der Waals surface area (Å²) in [5.74, 6) is -1.23. The molecule has 0 radical (unpaired) electrons. The first-order valence-electron chi connectivity index (χ1n) is 5.11. The second kappa shape index (κ2) is 5.70. The van der Waals surface area contributed by atoms with Gasteiger partial charge in [-0.15, -0.1) is 0 Å². The molecule has 0 aromatic heterocycles. The first-order chi connectivity index (χ1) is 6.79. The first-order valence-corrected chi connectivity index (χ1v) is 5.11. The molecule has 2 atom stereocenters. The number of aliphatic carboxylic acids is 1. The number of carbonyl (C=O) groups is 2. The number of rotatable bonds is 6. The fourth-order valence-corrected chi connectivity index (χ4v) is 1.33. The molecule has 5 nitrogen and oxygen atoms in total. The van der Waals surface area contributed by atoms with Gasteiger partial charge in [0.15, 0.2) is 0 Å². The SMILES string of the molecule is CCCC(C)(N)C(=O)NC(C)CC(=O)O. The van der Waals surface area contributed by atoms with E-state index in [0.717, 1.165) is 6.42 Å². The van der Waals surface area contributed by atoms with Crippen LogP contribution in [0.5, 0.6) is 0 Å². The van der Waals surface area contributed by atoms with Crippen LogP contribution in [0, 0.1) is 0 Å². The second-order valence-electron chi connectivity index (χ2n) is 4.14.